The summed E-state index contributed by atoms with van der Waals surface area (Å²) in [5, 5.41) is 4.27. The number of aromatic nitrogens is 2. The van der Waals surface area contributed by atoms with E-state index in [-0.39, 0.29) is 12.4 Å². The number of nitrogen functional groups attached to an aromatic ring is 1. The summed E-state index contributed by atoms with van der Waals surface area (Å²) < 4.78 is 29.1. The molecule has 0 amide bonds. The summed E-state index contributed by atoms with van der Waals surface area (Å²) in [6.45, 7) is 1.85. The molecule has 7 heteroatoms. The van der Waals surface area contributed by atoms with E-state index in [2.05, 4.69) is 5.10 Å². The molecule has 20 heavy (non-hydrogen) atoms. The van der Waals surface area contributed by atoms with Gasteiger partial charge in [0.1, 0.15) is 12.4 Å². The molecule has 0 unspecified atom stereocenters. The van der Waals surface area contributed by atoms with Crippen molar-refractivity contribution in [2.24, 2.45) is 0 Å². The molecule has 0 fully saturated rings. The van der Waals surface area contributed by atoms with Crippen LogP contribution in [0.1, 0.15) is 5.56 Å². The lowest BCUT2D eigenvalue weighted by atomic mass is 10.3. The molecule has 0 spiro atoms. The first-order chi connectivity index (χ1) is 9.38. The molecule has 2 N–H and O–H groups in total. The van der Waals surface area contributed by atoms with Crippen molar-refractivity contribution < 1.29 is 13.2 Å². The van der Waals surface area contributed by atoms with Crippen molar-refractivity contribution in [1.82, 2.24) is 9.78 Å². The van der Waals surface area contributed by atoms with Crippen LogP contribution in [0.3, 0.4) is 0 Å². The van der Waals surface area contributed by atoms with Gasteiger partial charge in [0.2, 0.25) is 5.88 Å². The molecule has 1 aromatic carbocycles. The van der Waals surface area contributed by atoms with E-state index in [0.29, 0.717) is 17.3 Å². The number of anilines is 1. The van der Waals surface area contributed by atoms with Crippen molar-refractivity contribution >= 4 is 15.7 Å². The van der Waals surface area contributed by atoms with Gasteiger partial charge in [-0.1, -0.05) is 18.2 Å². The zero-order chi connectivity index (χ0) is 14.8. The fraction of sp³-hybridized carbons (Fsp3) is 0.308. The van der Waals surface area contributed by atoms with E-state index in [1.165, 1.54) is 6.26 Å². The Labute approximate surface area is 118 Å². The number of hydrogen-bond acceptors (Lipinski definition) is 5. The molecule has 0 aliphatic carbocycles. The number of hydrogen-bond donors (Lipinski definition) is 1. The summed E-state index contributed by atoms with van der Waals surface area (Å²) in [5.74, 6) is 0.783. The van der Waals surface area contributed by atoms with Gasteiger partial charge in [-0.05, 0) is 19.1 Å². The van der Waals surface area contributed by atoms with Gasteiger partial charge in [0, 0.05) is 6.26 Å². The van der Waals surface area contributed by atoms with Crippen molar-refractivity contribution in [2.45, 2.75) is 6.92 Å². The highest BCUT2D eigenvalue weighted by Gasteiger charge is 2.14. The molecule has 0 saturated heterocycles. The lowest BCUT2D eigenvalue weighted by Gasteiger charge is -2.03. The van der Waals surface area contributed by atoms with E-state index in [0.717, 1.165) is 5.69 Å². The largest absolute Gasteiger partial charge is 0.475 e. The van der Waals surface area contributed by atoms with Crippen LogP contribution in [0.5, 0.6) is 5.88 Å². The van der Waals surface area contributed by atoms with Crippen LogP contribution in [0.2, 0.25) is 0 Å². The van der Waals surface area contributed by atoms with Crippen LogP contribution < -0.4 is 10.5 Å². The number of nitrogens with two attached hydrogens (primary N) is 1. The van der Waals surface area contributed by atoms with E-state index in [4.69, 9.17) is 10.5 Å². The standard InChI is InChI=1S/C13H17N3O3S/c1-10-12(14)16(11-6-4-3-5-7-11)15-13(10)19-8-9-20(2,17)18/h3-7H,8-9,14H2,1-2H3. The van der Waals surface area contributed by atoms with Gasteiger partial charge in [0.25, 0.3) is 0 Å². The molecule has 0 aliphatic rings. The molecule has 0 radical (unpaired) electrons. The van der Waals surface area contributed by atoms with Gasteiger partial charge in [-0.25, -0.2) is 13.1 Å². The molecule has 0 saturated carbocycles. The average Bonchev–Trinajstić information content (AvgIpc) is 2.67. The Balaban J connectivity index is 2.20. The summed E-state index contributed by atoms with van der Waals surface area (Å²) in [7, 11) is -3.05. The quantitative estimate of drug-likeness (QED) is 0.895. The van der Waals surface area contributed by atoms with Crippen LogP contribution in [0.25, 0.3) is 5.69 Å². The molecule has 2 aromatic rings. The molecule has 0 atom stereocenters. The number of benzene rings is 1. The third kappa shape index (κ3) is 3.30. The minimum atomic E-state index is -3.05. The highest BCUT2D eigenvalue weighted by molar-refractivity contribution is 7.90. The Kier molecular flexibility index (Phi) is 3.99. The second kappa shape index (κ2) is 5.54. The van der Waals surface area contributed by atoms with Crippen molar-refractivity contribution in [3.05, 3.63) is 35.9 Å². The Morgan fingerprint density at radius 2 is 1.95 bits per heavy atom. The normalized spacial score (nSPS) is 11.5. The van der Waals surface area contributed by atoms with Crippen LogP contribution in [0.4, 0.5) is 5.82 Å². The van der Waals surface area contributed by atoms with Gasteiger partial charge < -0.3 is 10.5 Å². The Hall–Kier alpha value is -2.02. The van der Waals surface area contributed by atoms with Gasteiger partial charge in [-0.2, -0.15) is 0 Å². The molecule has 0 bridgehead atoms. The minimum Gasteiger partial charge on any atom is -0.475 e. The maximum atomic E-state index is 11.1. The zero-order valence-electron chi connectivity index (χ0n) is 11.4. The van der Waals surface area contributed by atoms with Gasteiger partial charge in [0.15, 0.2) is 9.84 Å². The maximum absolute atomic E-state index is 11.1. The lowest BCUT2D eigenvalue weighted by Crippen LogP contribution is -2.12. The molecule has 1 heterocycles. The number of nitrogens with zero attached hydrogens (tertiary/aromatic N) is 2. The van der Waals surface area contributed by atoms with Crippen LogP contribution in [0, 0.1) is 6.92 Å². The van der Waals surface area contributed by atoms with Gasteiger partial charge in [0.05, 0.1) is 17.0 Å². The topological polar surface area (TPSA) is 87.2 Å². The average molecular weight is 295 g/mol. The van der Waals surface area contributed by atoms with E-state index in [9.17, 15) is 8.42 Å². The van der Waals surface area contributed by atoms with Crippen LogP contribution in [-0.4, -0.2) is 36.8 Å². The van der Waals surface area contributed by atoms with E-state index in [1.807, 2.05) is 30.3 Å². The smallest absolute Gasteiger partial charge is 0.238 e. The summed E-state index contributed by atoms with van der Waals surface area (Å²) in [4.78, 5) is 0. The third-order valence-corrected chi connectivity index (χ3v) is 3.73. The summed E-state index contributed by atoms with van der Waals surface area (Å²) in [5.41, 5.74) is 7.52. The van der Waals surface area contributed by atoms with E-state index >= 15 is 0 Å². The molecule has 0 aliphatic heterocycles. The first-order valence-electron chi connectivity index (χ1n) is 6.09. The predicted molar refractivity (Wildman–Crippen MR) is 77.9 cm³/mol. The monoisotopic (exact) mass is 295 g/mol. The highest BCUT2D eigenvalue weighted by atomic mass is 32.2. The molecular formula is C13H17N3O3S. The van der Waals surface area contributed by atoms with E-state index in [1.54, 1.807) is 11.6 Å². The first kappa shape index (κ1) is 14.4. The highest BCUT2D eigenvalue weighted by Crippen LogP contribution is 2.25. The summed E-state index contributed by atoms with van der Waals surface area (Å²) in [6, 6.07) is 9.43. The minimum absolute atomic E-state index is 0.0510. The SMILES string of the molecule is Cc1c(OCCS(C)(=O)=O)nn(-c2ccccc2)c1N. The van der Waals surface area contributed by atoms with Gasteiger partial charge in [-0.3, -0.25) is 0 Å². The Bertz CT molecular complexity index is 693. The lowest BCUT2D eigenvalue weighted by molar-refractivity contribution is 0.323. The van der Waals surface area contributed by atoms with Gasteiger partial charge >= 0.3 is 0 Å². The van der Waals surface area contributed by atoms with Crippen molar-refractivity contribution in [3.63, 3.8) is 0 Å². The third-order valence-electron chi connectivity index (χ3n) is 2.82. The number of ether oxygens (including phenoxy) is 1. The molecule has 2 rings (SSSR count). The molecule has 6 nitrogen and oxygen atoms in total. The van der Waals surface area contributed by atoms with Crippen LogP contribution in [-0.2, 0) is 9.84 Å². The van der Waals surface area contributed by atoms with Crippen molar-refractivity contribution in [3.8, 4) is 11.6 Å². The maximum Gasteiger partial charge on any atom is 0.238 e. The van der Waals surface area contributed by atoms with Crippen LogP contribution >= 0.6 is 0 Å². The summed E-state index contributed by atoms with van der Waals surface area (Å²) >= 11 is 0. The predicted octanol–water partition coefficient (Wildman–Crippen LogP) is 1.19. The van der Waals surface area contributed by atoms with Crippen LogP contribution in [0.15, 0.2) is 30.3 Å². The second-order valence-electron chi connectivity index (χ2n) is 4.54. The second-order valence-corrected chi connectivity index (χ2v) is 6.80. The van der Waals surface area contributed by atoms with E-state index < -0.39 is 9.84 Å². The number of sulfone groups is 1. The zero-order valence-corrected chi connectivity index (χ0v) is 12.2. The Morgan fingerprint density at radius 1 is 1.30 bits per heavy atom. The molecule has 1 aromatic heterocycles. The fourth-order valence-electron chi connectivity index (χ4n) is 1.68. The fourth-order valence-corrected chi connectivity index (χ4v) is 2.07. The first-order valence-corrected chi connectivity index (χ1v) is 8.15. The summed E-state index contributed by atoms with van der Waals surface area (Å²) in [6.07, 6.45) is 1.17. The molecule has 108 valence electrons. The molecular weight excluding hydrogens is 278 g/mol. The Morgan fingerprint density at radius 3 is 2.55 bits per heavy atom. The van der Waals surface area contributed by atoms with Crippen molar-refractivity contribution in [1.29, 1.82) is 0 Å². The number of para-hydroxylation sites is 1. The van der Waals surface area contributed by atoms with Gasteiger partial charge in [-0.15, -0.1) is 5.10 Å². The number of rotatable bonds is 5. The van der Waals surface area contributed by atoms with Crippen molar-refractivity contribution in [2.75, 3.05) is 24.3 Å².